The predicted molar refractivity (Wildman–Crippen MR) is 121 cm³/mol. The van der Waals surface area contributed by atoms with E-state index in [0.29, 0.717) is 28.0 Å². The molecular formula is C21H20N4O3S2. The van der Waals surface area contributed by atoms with Gasteiger partial charge in [-0.25, -0.2) is 9.97 Å². The zero-order valence-electron chi connectivity index (χ0n) is 16.7. The Bertz CT molecular complexity index is 1290. The van der Waals surface area contributed by atoms with Gasteiger partial charge in [0.15, 0.2) is 5.13 Å². The molecule has 0 aliphatic rings. The topological polar surface area (TPSA) is 107 Å². The summed E-state index contributed by atoms with van der Waals surface area (Å²) in [7, 11) is 0. The number of benzene rings is 1. The molecule has 0 unspecified atom stereocenters. The molecule has 4 aromatic rings. The number of nitrogens with two attached hydrogens (primary N) is 1. The number of aromatic nitrogens is 2. The van der Waals surface area contributed by atoms with Crippen LogP contribution < -0.4 is 11.1 Å². The van der Waals surface area contributed by atoms with Crippen LogP contribution in [0.5, 0.6) is 0 Å². The molecule has 0 saturated heterocycles. The van der Waals surface area contributed by atoms with Crippen molar-refractivity contribution in [3.63, 3.8) is 0 Å². The molecule has 3 aromatic heterocycles. The summed E-state index contributed by atoms with van der Waals surface area (Å²) in [5.74, 6) is -0.693. The van der Waals surface area contributed by atoms with Crippen molar-refractivity contribution >= 4 is 66.5 Å². The first-order valence-corrected chi connectivity index (χ1v) is 11.1. The van der Waals surface area contributed by atoms with E-state index in [-0.39, 0.29) is 18.3 Å². The molecule has 0 saturated carbocycles. The van der Waals surface area contributed by atoms with Gasteiger partial charge < -0.3 is 10.5 Å². The monoisotopic (exact) mass is 440 g/mol. The molecule has 3 N–H and O–H groups in total. The number of hydrogen-bond donors (Lipinski definition) is 2. The third-order valence-electron chi connectivity index (χ3n) is 4.74. The SMILES string of the molecule is CCOC(=O)Cc1csc(NC(=O)c2sc3nc4cc(C)c(C)cc4cc3c2N)n1. The highest BCUT2D eigenvalue weighted by molar-refractivity contribution is 7.21. The zero-order chi connectivity index (χ0) is 21.4. The summed E-state index contributed by atoms with van der Waals surface area (Å²) in [6.45, 7) is 6.17. The number of fused-ring (bicyclic) bond motifs is 2. The number of esters is 1. The Morgan fingerprint density at radius 1 is 1.17 bits per heavy atom. The Kier molecular flexibility index (Phi) is 5.40. The average Bonchev–Trinajstić information content (AvgIpc) is 3.25. The summed E-state index contributed by atoms with van der Waals surface area (Å²) < 4.78 is 4.92. The fraction of sp³-hybridized carbons (Fsp3) is 0.238. The Labute approximate surface area is 180 Å². The molecule has 0 aliphatic heterocycles. The number of nitrogen functional groups attached to an aromatic ring is 1. The molecule has 9 heteroatoms. The lowest BCUT2D eigenvalue weighted by molar-refractivity contribution is -0.142. The fourth-order valence-electron chi connectivity index (χ4n) is 3.10. The first kappa shape index (κ1) is 20.2. The van der Waals surface area contributed by atoms with Crippen molar-refractivity contribution in [1.82, 2.24) is 9.97 Å². The van der Waals surface area contributed by atoms with Crippen molar-refractivity contribution in [2.45, 2.75) is 27.2 Å². The summed E-state index contributed by atoms with van der Waals surface area (Å²) in [5, 5.41) is 6.65. The van der Waals surface area contributed by atoms with Gasteiger partial charge in [0.25, 0.3) is 5.91 Å². The van der Waals surface area contributed by atoms with Gasteiger partial charge in [0.2, 0.25) is 0 Å². The number of carbonyl (C=O) groups excluding carboxylic acids is 2. The van der Waals surface area contributed by atoms with E-state index in [4.69, 9.17) is 15.5 Å². The van der Waals surface area contributed by atoms with Crippen molar-refractivity contribution in [3.05, 3.63) is 45.3 Å². The quantitative estimate of drug-likeness (QED) is 0.444. The van der Waals surface area contributed by atoms with Gasteiger partial charge in [0.1, 0.15) is 9.71 Å². The van der Waals surface area contributed by atoms with Crippen LogP contribution in [0.15, 0.2) is 23.6 Å². The van der Waals surface area contributed by atoms with Crippen LogP contribution in [-0.4, -0.2) is 28.5 Å². The largest absolute Gasteiger partial charge is 0.466 e. The third-order valence-corrected chi connectivity index (χ3v) is 6.66. The minimum Gasteiger partial charge on any atom is -0.466 e. The molecule has 0 radical (unpaired) electrons. The van der Waals surface area contributed by atoms with Crippen LogP contribution in [0, 0.1) is 13.8 Å². The molecular weight excluding hydrogens is 420 g/mol. The van der Waals surface area contributed by atoms with Gasteiger partial charge in [0.05, 0.1) is 29.9 Å². The van der Waals surface area contributed by atoms with Crippen molar-refractivity contribution in [3.8, 4) is 0 Å². The first-order valence-electron chi connectivity index (χ1n) is 9.37. The minimum atomic E-state index is -0.349. The number of rotatable bonds is 5. The van der Waals surface area contributed by atoms with Gasteiger partial charge in [-0.3, -0.25) is 14.9 Å². The number of hydrogen-bond acceptors (Lipinski definition) is 8. The number of thiophene rings is 1. The Hall–Kier alpha value is -3.04. The maximum Gasteiger partial charge on any atom is 0.311 e. The van der Waals surface area contributed by atoms with Gasteiger partial charge in [-0.1, -0.05) is 0 Å². The summed E-state index contributed by atoms with van der Waals surface area (Å²) in [5.41, 5.74) is 10.5. The standard InChI is InChI=1S/C21H20N4O3S2/c1-4-28-16(26)8-13-9-29-21(23-13)25-19(27)18-17(22)14-7-12-5-10(2)11(3)6-15(12)24-20(14)30-18/h5-7,9H,4,8,22H2,1-3H3,(H,23,25,27). The number of nitrogens with one attached hydrogen (secondary N) is 1. The summed E-state index contributed by atoms with van der Waals surface area (Å²) in [6.07, 6.45) is 0.0700. The van der Waals surface area contributed by atoms with Crippen molar-refractivity contribution < 1.29 is 14.3 Å². The van der Waals surface area contributed by atoms with E-state index in [0.717, 1.165) is 21.1 Å². The van der Waals surface area contributed by atoms with Gasteiger partial charge in [0, 0.05) is 16.2 Å². The average molecular weight is 441 g/mol. The number of nitrogens with zero attached hydrogens (tertiary/aromatic N) is 2. The van der Waals surface area contributed by atoms with Crippen LogP contribution in [0.3, 0.4) is 0 Å². The van der Waals surface area contributed by atoms with Crippen LogP contribution in [0.25, 0.3) is 21.1 Å². The highest BCUT2D eigenvalue weighted by Gasteiger charge is 2.19. The fourth-order valence-corrected chi connectivity index (χ4v) is 4.78. The Morgan fingerprint density at radius 3 is 2.70 bits per heavy atom. The normalized spacial score (nSPS) is 11.2. The first-order chi connectivity index (χ1) is 14.4. The van der Waals surface area contributed by atoms with Gasteiger partial charge in [-0.15, -0.1) is 22.7 Å². The number of aryl methyl sites for hydroxylation is 2. The lowest BCUT2D eigenvalue weighted by atomic mass is 10.1. The van der Waals surface area contributed by atoms with Gasteiger partial charge >= 0.3 is 5.97 Å². The van der Waals surface area contributed by atoms with Crippen molar-refractivity contribution in [2.75, 3.05) is 17.7 Å². The second kappa shape index (κ2) is 8.00. The van der Waals surface area contributed by atoms with Crippen molar-refractivity contribution in [1.29, 1.82) is 0 Å². The number of thiazole rings is 1. The molecule has 154 valence electrons. The molecule has 0 atom stereocenters. The summed E-state index contributed by atoms with van der Waals surface area (Å²) in [4.78, 5) is 34.5. The van der Waals surface area contributed by atoms with E-state index in [1.807, 2.05) is 19.1 Å². The molecule has 1 aromatic carbocycles. The molecule has 0 bridgehead atoms. The van der Waals surface area contributed by atoms with Crippen molar-refractivity contribution in [2.24, 2.45) is 0 Å². The molecule has 4 rings (SSSR count). The van der Waals surface area contributed by atoms with E-state index in [2.05, 4.69) is 23.3 Å². The zero-order valence-corrected chi connectivity index (χ0v) is 18.4. The van der Waals surface area contributed by atoms with Crippen LogP contribution in [-0.2, 0) is 16.0 Å². The number of pyridine rings is 1. The van der Waals surface area contributed by atoms with E-state index < -0.39 is 0 Å². The molecule has 1 amide bonds. The summed E-state index contributed by atoms with van der Waals surface area (Å²) >= 11 is 2.50. The maximum absolute atomic E-state index is 12.8. The number of carbonyl (C=O) groups is 2. The lowest BCUT2D eigenvalue weighted by Crippen LogP contribution is -2.12. The van der Waals surface area contributed by atoms with Crippen LogP contribution in [0.2, 0.25) is 0 Å². The van der Waals surface area contributed by atoms with E-state index >= 15 is 0 Å². The number of anilines is 2. The van der Waals surface area contributed by atoms with Crippen LogP contribution in [0.1, 0.15) is 33.4 Å². The predicted octanol–water partition coefficient (Wildman–Crippen LogP) is 4.46. The van der Waals surface area contributed by atoms with Gasteiger partial charge in [-0.2, -0.15) is 0 Å². The minimum absolute atomic E-state index is 0.0700. The molecule has 7 nitrogen and oxygen atoms in total. The number of ether oxygens (including phenoxy) is 1. The second-order valence-electron chi connectivity index (χ2n) is 6.90. The Morgan fingerprint density at radius 2 is 1.93 bits per heavy atom. The second-order valence-corrected chi connectivity index (χ2v) is 8.75. The Balaban J connectivity index is 1.60. The van der Waals surface area contributed by atoms with Gasteiger partial charge in [-0.05, 0) is 50.1 Å². The highest BCUT2D eigenvalue weighted by Crippen LogP contribution is 2.35. The summed E-state index contributed by atoms with van der Waals surface area (Å²) in [6, 6.07) is 6.10. The van der Waals surface area contributed by atoms with E-state index in [9.17, 15) is 9.59 Å². The van der Waals surface area contributed by atoms with E-state index in [1.165, 1.54) is 33.8 Å². The smallest absolute Gasteiger partial charge is 0.311 e. The maximum atomic E-state index is 12.8. The van der Waals surface area contributed by atoms with Crippen LogP contribution in [0.4, 0.5) is 10.8 Å². The van der Waals surface area contributed by atoms with Crippen LogP contribution >= 0.6 is 22.7 Å². The molecule has 3 heterocycles. The molecule has 0 aliphatic carbocycles. The molecule has 30 heavy (non-hydrogen) atoms. The lowest BCUT2D eigenvalue weighted by Gasteiger charge is -2.03. The number of amides is 1. The highest BCUT2D eigenvalue weighted by atomic mass is 32.1. The molecule has 0 spiro atoms. The van der Waals surface area contributed by atoms with E-state index in [1.54, 1.807) is 12.3 Å². The third kappa shape index (κ3) is 3.86. The molecule has 0 fully saturated rings.